The molecule has 4 rings (SSSR count). The minimum absolute atomic E-state index is 0.0178. The van der Waals surface area contributed by atoms with E-state index in [9.17, 15) is 9.59 Å². The minimum atomic E-state index is -0.0896. The molecular weight excluding hydrogens is 380 g/mol. The van der Waals surface area contributed by atoms with Gasteiger partial charge in [0.1, 0.15) is 0 Å². The van der Waals surface area contributed by atoms with Gasteiger partial charge in [0.2, 0.25) is 5.91 Å². The van der Waals surface area contributed by atoms with Crippen LogP contribution in [0.3, 0.4) is 0 Å². The van der Waals surface area contributed by atoms with Crippen molar-refractivity contribution >= 4 is 28.5 Å². The molecule has 3 heterocycles. The number of nitrogens with zero attached hydrogens (tertiary/aromatic N) is 3. The quantitative estimate of drug-likeness (QED) is 0.837. The summed E-state index contributed by atoms with van der Waals surface area (Å²) in [4.78, 5) is 29.1. The van der Waals surface area contributed by atoms with Crippen molar-refractivity contribution in [2.24, 2.45) is 11.8 Å². The molecular formula is C23H32N4O3. The van der Waals surface area contributed by atoms with Gasteiger partial charge in [0.15, 0.2) is 0 Å². The first-order chi connectivity index (χ1) is 14.5. The highest BCUT2D eigenvalue weighted by molar-refractivity contribution is 5.93. The second-order valence-corrected chi connectivity index (χ2v) is 8.76. The number of likely N-dealkylation sites (tertiary alicyclic amines) is 1. The summed E-state index contributed by atoms with van der Waals surface area (Å²) in [6.07, 6.45) is 3.55. The van der Waals surface area contributed by atoms with Crippen LogP contribution < -0.4 is 5.32 Å². The van der Waals surface area contributed by atoms with Crippen LogP contribution in [-0.2, 0) is 16.1 Å². The number of benzene rings is 1. The second kappa shape index (κ2) is 9.08. The molecule has 2 aromatic rings. The highest BCUT2D eigenvalue weighted by Crippen LogP contribution is 2.24. The molecule has 0 saturated carbocycles. The number of aromatic nitrogens is 1. The molecule has 3 amide bonds. The standard InChI is InChI=1S/C23H32N4O3/c1-17(2)16-27-10-7-19-15-20(3-4-21(19)27)24-23(29)26-8-5-18(6-9-26)22(28)25-11-13-30-14-12-25/h3-4,7,10,15,17-18H,5-6,8-9,11-14,16H2,1-2H3,(H,24,29). The van der Waals surface area contributed by atoms with Crippen LogP contribution in [0.1, 0.15) is 26.7 Å². The van der Waals surface area contributed by atoms with Crippen LogP contribution in [0, 0.1) is 11.8 Å². The summed E-state index contributed by atoms with van der Waals surface area (Å²) in [7, 11) is 0. The third kappa shape index (κ3) is 4.61. The predicted octanol–water partition coefficient (Wildman–Crippen LogP) is 3.40. The lowest BCUT2D eigenvalue weighted by Gasteiger charge is -2.35. The summed E-state index contributed by atoms with van der Waals surface area (Å²) in [5.74, 6) is 0.817. The Morgan fingerprint density at radius 3 is 2.50 bits per heavy atom. The average molecular weight is 413 g/mol. The average Bonchev–Trinajstić information content (AvgIpc) is 3.15. The molecule has 7 nitrogen and oxygen atoms in total. The van der Waals surface area contributed by atoms with Gasteiger partial charge in [-0.25, -0.2) is 4.79 Å². The first-order valence-corrected chi connectivity index (χ1v) is 11.0. The SMILES string of the molecule is CC(C)Cn1ccc2cc(NC(=O)N3CCC(C(=O)N4CCOCC4)CC3)ccc21. The van der Waals surface area contributed by atoms with Gasteiger partial charge in [0.25, 0.3) is 0 Å². The number of rotatable bonds is 4. The number of carbonyl (C=O) groups excluding carboxylic acids is 2. The van der Waals surface area contributed by atoms with Crippen molar-refractivity contribution in [3.63, 3.8) is 0 Å². The molecule has 2 saturated heterocycles. The van der Waals surface area contributed by atoms with Gasteiger partial charge in [0, 0.05) is 61.4 Å². The van der Waals surface area contributed by atoms with Crippen LogP contribution in [0.25, 0.3) is 10.9 Å². The summed E-state index contributed by atoms with van der Waals surface area (Å²) in [5, 5.41) is 4.16. The van der Waals surface area contributed by atoms with Crippen LogP contribution >= 0.6 is 0 Å². The topological polar surface area (TPSA) is 66.8 Å². The summed E-state index contributed by atoms with van der Waals surface area (Å²) >= 11 is 0. The summed E-state index contributed by atoms with van der Waals surface area (Å²) in [6.45, 7) is 9.22. The molecule has 2 aliphatic rings. The Bertz CT molecular complexity index is 893. The van der Waals surface area contributed by atoms with Gasteiger partial charge in [-0.3, -0.25) is 4.79 Å². The fourth-order valence-corrected chi connectivity index (χ4v) is 4.40. The van der Waals surface area contributed by atoms with E-state index in [0.29, 0.717) is 45.3 Å². The van der Waals surface area contributed by atoms with E-state index in [1.807, 2.05) is 21.9 Å². The van der Waals surface area contributed by atoms with Gasteiger partial charge >= 0.3 is 6.03 Å². The molecule has 0 spiro atoms. The van der Waals surface area contributed by atoms with E-state index in [1.54, 1.807) is 0 Å². The lowest BCUT2D eigenvalue weighted by atomic mass is 9.95. The summed E-state index contributed by atoms with van der Waals surface area (Å²) in [6, 6.07) is 8.06. The number of carbonyl (C=O) groups is 2. The maximum absolute atomic E-state index is 12.7. The molecule has 0 unspecified atom stereocenters. The fraction of sp³-hybridized carbons (Fsp3) is 0.565. The van der Waals surface area contributed by atoms with Gasteiger partial charge < -0.3 is 24.4 Å². The maximum Gasteiger partial charge on any atom is 0.321 e. The van der Waals surface area contributed by atoms with E-state index in [2.05, 4.69) is 42.1 Å². The van der Waals surface area contributed by atoms with Crippen molar-refractivity contribution in [3.05, 3.63) is 30.5 Å². The Balaban J connectivity index is 1.32. The Kier molecular flexibility index (Phi) is 6.27. The zero-order valence-corrected chi connectivity index (χ0v) is 18.0. The van der Waals surface area contributed by atoms with Crippen LogP contribution in [0.4, 0.5) is 10.5 Å². The zero-order chi connectivity index (χ0) is 21.1. The number of hydrogen-bond acceptors (Lipinski definition) is 3. The Morgan fingerprint density at radius 2 is 1.80 bits per heavy atom. The Hall–Kier alpha value is -2.54. The first kappa shape index (κ1) is 20.7. The van der Waals surface area contributed by atoms with Gasteiger partial charge in [-0.2, -0.15) is 0 Å². The molecule has 1 aromatic heterocycles. The van der Waals surface area contributed by atoms with Crippen molar-refractivity contribution in [1.29, 1.82) is 0 Å². The number of ether oxygens (including phenoxy) is 1. The number of anilines is 1. The molecule has 7 heteroatoms. The molecule has 1 N–H and O–H groups in total. The number of morpholine rings is 1. The number of piperidine rings is 1. The predicted molar refractivity (Wildman–Crippen MR) is 117 cm³/mol. The summed E-state index contributed by atoms with van der Waals surface area (Å²) < 4.78 is 7.58. The van der Waals surface area contributed by atoms with Crippen LogP contribution in [-0.4, -0.2) is 65.7 Å². The number of urea groups is 1. The van der Waals surface area contributed by atoms with Crippen LogP contribution in [0.2, 0.25) is 0 Å². The number of amides is 3. The normalized spacial score (nSPS) is 18.2. The van der Waals surface area contributed by atoms with E-state index in [4.69, 9.17) is 4.74 Å². The Morgan fingerprint density at radius 1 is 1.07 bits per heavy atom. The second-order valence-electron chi connectivity index (χ2n) is 8.76. The fourth-order valence-electron chi connectivity index (χ4n) is 4.40. The molecule has 0 atom stereocenters. The molecule has 2 fully saturated rings. The third-order valence-corrected chi connectivity index (χ3v) is 6.04. The van der Waals surface area contributed by atoms with Gasteiger partial charge in [-0.05, 0) is 43.0 Å². The van der Waals surface area contributed by atoms with Crippen LogP contribution in [0.15, 0.2) is 30.5 Å². The van der Waals surface area contributed by atoms with Crippen molar-refractivity contribution < 1.29 is 14.3 Å². The molecule has 2 aliphatic heterocycles. The number of hydrogen-bond donors (Lipinski definition) is 1. The minimum Gasteiger partial charge on any atom is -0.378 e. The van der Waals surface area contributed by atoms with E-state index in [0.717, 1.165) is 30.5 Å². The monoisotopic (exact) mass is 412 g/mol. The van der Waals surface area contributed by atoms with Gasteiger partial charge in [-0.1, -0.05) is 13.8 Å². The van der Waals surface area contributed by atoms with E-state index in [1.165, 1.54) is 5.52 Å². The van der Waals surface area contributed by atoms with Crippen molar-refractivity contribution in [3.8, 4) is 0 Å². The van der Waals surface area contributed by atoms with Crippen molar-refractivity contribution in [1.82, 2.24) is 14.4 Å². The third-order valence-electron chi connectivity index (χ3n) is 6.04. The molecule has 162 valence electrons. The highest BCUT2D eigenvalue weighted by Gasteiger charge is 2.30. The summed E-state index contributed by atoms with van der Waals surface area (Å²) in [5.41, 5.74) is 1.99. The van der Waals surface area contributed by atoms with Gasteiger partial charge in [-0.15, -0.1) is 0 Å². The largest absolute Gasteiger partial charge is 0.378 e. The Labute approximate surface area is 178 Å². The van der Waals surface area contributed by atoms with Crippen LogP contribution in [0.5, 0.6) is 0 Å². The molecule has 0 radical (unpaired) electrons. The molecule has 0 aliphatic carbocycles. The highest BCUT2D eigenvalue weighted by atomic mass is 16.5. The molecule has 30 heavy (non-hydrogen) atoms. The molecule has 0 bridgehead atoms. The number of fused-ring (bicyclic) bond motifs is 1. The van der Waals surface area contributed by atoms with E-state index in [-0.39, 0.29) is 17.9 Å². The number of nitrogens with one attached hydrogen (secondary N) is 1. The smallest absolute Gasteiger partial charge is 0.321 e. The lowest BCUT2D eigenvalue weighted by molar-refractivity contribution is -0.140. The maximum atomic E-state index is 12.7. The van der Waals surface area contributed by atoms with Crippen molar-refractivity contribution in [2.45, 2.75) is 33.2 Å². The van der Waals surface area contributed by atoms with Crippen molar-refractivity contribution in [2.75, 3.05) is 44.7 Å². The lowest BCUT2D eigenvalue weighted by Crippen LogP contribution is -2.48. The first-order valence-electron chi connectivity index (χ1n) is 11.0. The zero-order valence-electron chi connectivity index (χ0n) is 18.0. The van der Waals surface area contributed by atoms with Gasteiger partial charge in [0.05, 0.1) is 13.2 Å². The molecule has 1 aromatic carbocycles. The van der Waals surface area contributed by atoms with E-state index < -0.39 is 0 Å². The van der Waals surface area contributed by atoms with E-state index >= 15 is 0 Å².